The third-order valence-electron chi connectivity index (χ3n) is 3.47. The van der Waals surface area contributed by atoms with Gasteiger partial charge < -0.3 is 14.7 Å². The predicted molar refractivity (Wildman–Crippen MR) is 61.9 cm³/mol. The highest BCUT2D eigenvalue weighted by Gasteiger charge is 2.36. The standard InChI is InChI=1S/C13H15NO3/c15-12-4-2-1-3-11(12)13(16)14-7-9-5-6-10(8-14)17-9/h1-4,9-10,15H,5-8H2. The van der Waals surface area contributed by atoms with Gasteiger partial charge in [-0.3, -0.25) is 4.79 Å². The smallest absolute Gasteiger partial charge is 0.257 e. The number of hydrogen-bond donors (Lipinski definition) is 1. The number of phenolic OH excluding ortho intramolecular Hbond substituents is 1. The molecule has 4 nitrogen and oxygen atoms in total. The van der Waals surface area contributed by atoms with Crippen LogP contribution in [0.3, 0.4) is 0 Å². The Bertz CT molecular complexity index is 434. The number of aromatic hydroxyl groups is 1. The van der Waals surface area contributed by atoms with Crippen LogP contribution >= 0.6 is 0 Å². The van der Waals surface area contributed by atoms with Crippen molar-refractivity contribution >= 4 is 5.91 Å². The van der Waals surface area contributed by atoms with Crippen molar-refractivity contribution in [2.24, 2.45) is 0 Å². The van der Waals surface area contributed by atoms with Gasteiger partial charge in [0, 0.05) is 13.1 Å². The van der Waals surface area contributed by atoms with Crippen LogP contribution < -0.4 is 0 Å². The summed E-state index contributed by atoms with van der Waals surface area (Å²) in [5.41, 5.74) is 0.383. The summed E-state index contributed by atoms with van der Waals surface area (Å²) in [7, 11) is 0. The Kier molecular flexibility index (Phi) is 2.52. The Hall–Kier alpha value is -1.55. The van der Waals surface area contributed by atoms with Gasteiger partial charge in [0.15, 0.2) is 0 Å². The maximum Gasteiger partial charge on any atom is 0.257 e. The van der Waals surface area contributed by atoms with Gasteiger partial charge in [0.05, 0.1) is 17.8 Å². The lowest BCUT2D eigenvalue weighted by molar-refractivity contribution is -0.0304. The van der Waals surface area contributed by atoms with Crippen molar-refractivity contribution in [3.05, 3.63) is 29.8 Å². The largest absolute Gasteiger partial charge is 0.507 e. The van der Waals surface area contributed by atoms with E-state index in [9.17, 15) is 9.90 Å². The number of phenols is 1. The van der Waals surface area contributed by atoms with Crippen molar-refractivity contribution in [2.75, 3.05) is 13.1 Å². The molecule has 2 fully saturated rings. The Morgan fingerprint density at radius 3 is 2.53 bits per heavy atom. The molecular weight excluding hydrogens is 218 g/mol. The molecule has 4 heteroatoms. The second-order valence-electron chi connectivity index (χ2n) is 4.68. The summed E-state index contributed by atoms with van der Waals surface area (Å²) in [6, 6.07) is 6.69. The van der Waals surface area contributed by atoms with E-state index in [-0.39, 0.29) is 23.9 Å². The molecule has 0 radical (unpaired) electrons. The molecule has 2 atom stereocenters. The highest BCUT2D eigenvalue weighted by Crippen LogP contribution is 2.28. The molecule has 1 N–H and O–H groups in total. The molecule has 1 aromatic rings. The molecule has 2 aliphatic heterocycles. The normalized spacial score (nSPS) is 27.2. The predicted octanol–water partition coefficient (Wildman–Crippen LogP) is 1.40. The number of nitrogens with zero attached hydrogens (tertiary/aromatic N) is 1. The van der Waals surface area contributed by atoms with E-state index in [1.807, 2.05) is 0 Å². The number of morpholine rings is 1. The number of carbonyl (C=O) groups is 1. The third kappa shape index (κ3) is 1.89. The van der Waals surface area contributed by atoms with Gasteiger partial charge in [-0.25, -0.2) is 0 Å². The fourth-order valence-electron chi connectivity index (χ4n) is 2.61. The molecule has 0 spiro atoms. The lowest BCUT2D eigenvalue weighted by Crippen LogP contribution is -2.45. The summed E-state index contributed by atoms with van der Waals surface area (Å²) in [6.45, 7) is 1.29. The lowest BCUT2D eigenvalue weighted by Gasteiger charge is -2.32. The Morgan fingerprint density at radius 2 is 1.88 bits per heavy atom. The number of para-hydroxylation sites is 1. The molecule has 2 aliphatic rings. The van der Waals surface area contributed by atoms with Crippen molar-refractivity contribution in [3.63, 3.8) is 0 Å². The number of rotatable bonds is 1. The van der Waals surface area contributed by atoms with Gasteiger partial charge in [-0.15, -0.1) is 0 Å². The first kappa shape index (κ1) is 10.6. The first-order valence-corrected chi connectivity index (χ1v) is 5.97. The van der Waals surface area contributed by atoms with Crippen LogP contribution in [0, 0.1) is 0 Å². The summed E-state index contributed by atoms with van der Waals surface area (Å²) in [4.78, 5) is 14.0. The highest BCUT2D eigenvalue weighted by atomic mass is 16.5. The SMILES string of the molecule is O=C(c1ccccc1O)N1CC2CCC(C1)O2. The molecule has 3 rings (SSSR count). The molecule has 2 saturated heterocycles. The molecule has 0 saturated carbocycles. The van der Waals surface area contributed by atoms with Crippen molar-refractivity contribution in [2.45, 2.75) is 25.0 Å². The maximum atomic E-state index is 12.2. The van der Waals surface area contributed by atoms with E-state index >= 15 is 0 Å². The quantitative estimate of drug-likeness (QED) is 0.797. The molecule has 90 valence electrons. The van der Waals surface area contributed by atoms with Crippen LogP contribution in [0.4, 0.5) is 0 Å². The minimum atomic E-state index is -0.0942. The van der Waals surface area contributed by atoms with E-state index in [0.29, 0.717) is 18.7 Å². The van der Waals surface area contributed by atoms with E-state index in [4.69, 9.17) is 4.74 Å². The van der Waals surface area contributed by atoms with Crippen molar-refractivity contribution in [1.29, 1.82) is 0 Å². The maximum absolute atomic E-state index is 12.2. The van der Waals surface area contributed by atoms with Crippen molar-refractivity contribution in [1.82, 2.24) is 4.90 Å². The molecule has 2 bridgehead atoms. The zero-order chi connectivity index (χ0) is 11.8. The fourth-order valence-corrected chi connectivity index (χ4v) is 2.61. The van der Waals surface area contributed by atoms with Crippen LogP contribution in [0.5, 0.6) is 5.75 Å². The summed E-state index contributed by atoms with van der Waals surface area (Å²) in [6.07, 6.45) is 2.44. The average molecular weight is 233 g/mol. The molecular formula is C13H15NO3. The number of likely N-dealkylation sites (tertiary alicyclic amines) is 1. The van der Waals surface area contributed by atoms with Gasteiger partial charge in [0.2, 0.25) is 0 Å². The number of ether oxygens (including phenoxy) is 1. The number of carbonyl (C=O) groups excluding carboxylic acids is 1. The van der Waals surface area contributed by atoms with E-state index in [1.165, 1.54) is 0 Å². The first-order chi connectivity index (χ1) is 8.24. The monoisotopic (exact) mass is 233 g/mol. The molecule has 2 unspecified atom stereocenters. The number of amides is 1. The molecule has 0 aromatic heterocycles. The van der Waals surface area contributed by atoms with Crippen molar-refractivity contribution < 1.29 is 14.6 Å². The fraction of sp³-hybridized carbons (Fsp3) is 0.462. The minimum Gasteiger partial charge on any atom is -0.507 e. The van der Waals surface area contributed by atoms with E-state index < -0.39 is 0 Å². The van der Waals surface area contributed by atoms with E-state index in [0.717, 1.165) is 12.8 Å². The average Bonchev–Trinajstić information content (AvgIpc) is 2.68. The molecule has 1 amide bonds. The Balaban J connectivity index is 1.81. The first-order valence-electron chi connectivity index (χ1n) is 5.97. The van der Waals surface area contributed by atoms with E-state index in [1.54, 1.807) is 29.2 Å². The minimum absolute atomic E-state index is 0.0522. The van der Waals surface area contributed by atoms with Crippen LogP contribution in [0.15, 0.2) is 24.3 Å². The van der Waals surface area contributed by atoms with Crippen LogP contribution in [0.1, 0.15) is 23.2 Å². The van der Waals surface area contributed by atoms with Gasteiger partial charge in [0.25, 0.3) is 5.91 Å². The van der Waals surface area contributed by atoms with Crippen LogP contribution in [-0.4, -0.2) is 41.2 Å². The molecule has 1 aromatic carbocycles. The van der Waals surface area contributed by atoms with Crippen LogP contribution in [0.25, 0.3) is 0 Å². The highest BCUT2D eigenvalue weighted by molar-refractivity contribution is 5.96. The van der Waals surface area contributed by atoms with Crippen LogP contribution in [0.2, 0.25) is 0 Å². The van der Waals surface area contributed by atoms with Gasteiger partial charge >= 0.3 is 0 Å². The topological polar surface area (TPSA) is 49.8 Å². The zero-order valence-corrected chi connectivity index (χ0v) is 9.50. The van der Waals surface area contributed by atoms with Gasteiger partial charge in [-0.1, -0.05) is 12.1 Å². The molecule has 17 heavy (non-hydrogen) atoms. The molecule has 0 aliphatic carbocycles. The summed E-state index contributed by atoms with van der Waals surface area (Å²) < 4.78 is 5.69. The summed E-state index contributed by atoms with van der Waals surface area (Å²) >= 11 is 0. The number of hydrogen-bond acceptors (Lipinski definition) is 3. The van der Waals surface area contributed by atoms with Gasteiger partial charge in [0.1, 0.15) is 5.75 Å². The Labute approximate surface area is 99.8 Å². The zero-order valence-electron chi connectivity index (χ0n) is 9.50. The van der Waals surface area contributed by atoms with Gasteiger partial charge in [-0.05, 0) is 25.0 Å². The van der Waals surface area contributed by atoms with Crippen molar-refractivity contribution in [3.8, 4) is 5.75 Å². The Morgan fingerprint density at radius 1 is 1.24 bits per heavy atom. The van der Waals surface area contributed by atoms with Gasteiger partial charge in [-0.2, -0.15) is 0 Å². The number of benzene rings is 1. The summed E-state index contributed by atoms with van der Waals surface area (Å²) in [5, 5.41) is 9.68. The number of fused-ring (bicyclic) bond motifs is 2. The second-order valence-corrected chi connectivity index (χ2v) is 4.68. The lowest BCUT2D eigenvalue weighted by atomic mass is 10.1. The third-order valence-corrected chi connectivity index (χ3v) is 3.47. The second kappa shape index (κ2) is 4.04. The van der Waals surface area contributed by atoms with Crippen LogP contribution in [-0.2, 0) is 4.74 Å². The summed E-state index contributed by atoms with van der Waals surface area (Å²) in [5.74, 6) is -0.0420. The van der Waals surface area contributed by atoms with E-state index in [2.05, 4.69) is 0 Å². The molecule has 2 heterocycles.